The van der Waals surface area contributed by atoms with Crippen molar-refractivity contribution in [1.29, 1.82) is 0 Å². The molecule has 1 aliphatic rings. The van der Waals surface area contributed by atoms with E-state index in [1.165, 1.54) is 6.20 Å². The summed E-state index contributed by atoms with van der Waals surface area (Å²) in [6.45, 7) is 0.492. The zero-order chi connectivity index (χ0) is 21.6. The second kappa shape index (κ2) is 7.59. The van der Waals surface area contributed by atoms with Crippen LogP contribution in [0.1, 0.15) is 16.7 Å². The van der Waals surface area contributed by atoms with E-state index in [0.717, 1.165) is 17.7 Å². The van der Waals surface area contributed by atoms with E-state index in [1.807, 2.05) is 0 Å². The van der Waals surface area contributed by atoms with Gasteiger partial charge in [-0.25, -0.2) is 13.8 Å². The largest absolute Gasteiger partial charge is 0.358 e. The lowest BCUT2D eigenvalue weighted by Crippen LogP contribution is -2.33. The monoisotopic (exact) mass is 454 g/mol. The minimum atomic E-state index is -3.46. The minimum Gasteiger partial charge on any atom is -0.358 e. The number of benzene rings is 1. The standard InChI is InChI=1S/C19H14Cl2F2N4O3/c20-11-5-8(19(29,30)18(22)23)6-12(21)15(11)27-16-9-1-3-24-7-10(9)14-13(26-16)2-4-25-17(14)28/h2,4-7,18,29-30H,1,3H2,(H,25,28)(H,26,27). The Bertz CT molecular complexity index is 1220. The molecule has 3 aromatic rings. The number of aliphatic imine (C=N–C) groups is 1. The summed E-state index contributed by atoms with van der Waals surface area (Å²) < 4.78 is 25.9. The fraction of sp³-hybridized carbons (Fsp3) is 0.211. The van der Waals surface area contributed by atoms with E-state index >= 15 is 0 Å². The van der Waals surface area contributed by atoms with Crippen LogP contribution in [0.25, 0.3) is 10.9 Å². The molecule has 3 heterocycles. The SMILES string of the molecule is O=c1[nH]ccc2nc(Nc3c(Cl)cc(C(O)(O)C(F)F)cc3Cl)c3c(c12)C=NCC3. The minimum absolute atomic E-state index is 0.114. The Labute approximate surface area is 178 Å². The van der Waals surface area contributed by atoms with Crippen LogP contribution in [-0.2, 0) is 12.2 Å². The lowest BCUT2D eigenvalue weighted by molar-refractivity contribution is -0.248. The zero-order valence-electron chi connectivity index (χ0n) is 15.1. The molecule has 4 rings (SSSR count). The number of hydrogen-bond donors (Lipinski definition) is 4. The first-order valence-electron chi connectivity index (χ1n) is 8.73. The van der Waals surface area contributed by atoms with E-state index < -0.39 is 17.8 Å². The Kier molecular flexibility index (Phi) is 5.23. The average molecular weight is 455 g/mol. The van der Waals surface area contributed by atoms with Gasteiger partial charge in [-0.1, -0.05) is 23.2 Å². The molecule has 2 aromatic heterocycles. The summed E-state index contributed by atoms with van der Waals surface area (Å²) in [4.78, 5) is 23.6. The molecule has 7 nitrogen and oxygen atoms in total. The second-order valence-corrected chi connectivity index (χ2v) is 7.49. The molecule has 0 fully saturated rings. The van der Waals surface area contributed by atoms with Crippen LogP contribution in [0.15, 0.2) is 34.2 Å². The van der Waals surface area contributed by atoms with Crippen LogP contribution < -0.4 is 10.9 Å². The molecule has 11 heteroatoms. The van der Waals surface area contributed by atoms with E-state index in [1.54, 1.807) is 12.3 Å². The fourth-order valence-electron chi connectivity index (χ4n) is 3.27. The predicted octanol–water partition coefficient (Wildman–Crippen LogP) is 3.35. The van der Waals surface area contributed by atoms with Gasteiger partial charge in [-0.3, -0.25) is 9.79 Å². The fourth-order valence-corrected chi connectivity index (χ4v) is 3.85. The lowest BCUT2D eigenvalue weighted by atomic mass is 9.99. The van der Waals surface area contributed by atoms with Crippen LogP contribution in [0.2, 0.25) is 10.0 Å². The molecule has 0 saturated heterocycles. The normalized spacial score (nSPS) is 13.7. The number of aromatic amines is 1. The molecular weight excluding hydrogens is 441 g/mol. The average Bonchev–Trinajstić information content (AvgIpc) is 2.70. The number of rotatable bonds is 4. The van der Waals surface area contributed by atoms with Crippen molar-refractivity contribution in [2.24, 2.45) is 4.99 Å². The summed E-state index contributed by atoms with van der Waals surface area (Å²) in [6, 6.07) is 3.61. The number of nitrogens with zero attached hydrogens (tertiary/aromatic N) is 2. The van der Waals surface area contributed by atoms with Crippen molar-refractivity contribution in [2.75, 3.05) is 11.9 Å². The van der Waals surface area contributed by atoms with Gasteiger partial charge in [0.25, 0.3) is 17.8 Å². The number of pyridine rings is 2. The summed E-state index contributed by atoms with van der Waals surface area (Å²) in [7, 11) is 0. The third-order valence-electron chi connectivity index (χ3n) is 4.78. The Morgan fingerprint density at radius 2 is 1.93 bits per heavy atom. The number of anilines is 2. The van der Waals surface area contributed by atoms with Gasteiger partial charge in [0.15, 0.2) is 0 Å². The molecule has 4 N–H and O–H groups in total. The number of alkyl halides is 2. The van der Waals surface area contributed by atoms with Crippen LogP contribution in [0, 0.1) is 0 Å². The first-order chi connectivity index (χ1) is 14.2. The topological polar surface area (TPSA) is 111 Å². The quantitative estimate of drug-likeness (QED) is 0.451. The third kappa shape index (κ3) is 3.43. The summed E-state index contributed by atoms with van der Waals surface area (Å²) in [5, 5.41) is 22.4. The van der Waals surface area contributed by atoms with E-state index in [0.29, 0.717) is 35.2 Å². The number of halogens is 4. The van der Waals surface area contributed by atoms with Gasteiger partial charge in [0.2, 0.25) is 0 Å². The van der Waals surface area contributed by atoms with Crippen molar-refractivity contribution in [1.82, 2.24) is 9.97 Å². The van der Waals surface area contributed by atoms with Gasteiger partial charge in [-0.05, 0) is 24.6 Å². The molecule has 0 radical (unpaired) electrons. The second-order valence-electron chi connectivity index (χ2n) is 6.67. The molecule has 1 aromatic carbocycles. The Morgan fingerprint density at radius 1 is 1.23 bits per heavy atom. The number of nitrogens with one attached hydrogen (secondary N) is 2. The molecule has 0 atom stereocenters. The van der Waals surface area contributed by atoms with E-state index in [2.05, 4.69) is 20.3 Å². The molecule has 0 amide bonds. The van der Waals surface area contributed by atoms with Gasteiger partial charge < -0.3 is 20.5 Å². The molecular formula is C19H14Cl2F2N4O3. The van der Waals surface area contributed by atoms with E-state index in [4.69, 9.17) is 23.2 Å². The number of aromatic nitrogens is 2. The maximum Gasteiger partial charge on any atom is 0.295 e. The van der Waals surface area contributed by atoms with Gasteiger partial charge in [0, 0.05) is 35.6 Å². The predicted molar refractivity (Wildman–Crippen MR) is 110 cm³/mol. The Hall–Kier alpha value is -2.59. The first kappa shape index (κ1) is 20.7. The molecule has 0 aliphatic carbocycles. The van der Waals surface area contributed by atoms with Crippen molar-refractivity contribution in [2.45, 2.75) is 18.6 Å². The Balaban J connectivity index is 1.84. The number of H-pyrrole nitrogens is 1. The molecule has 0 spiro atoms. The van der Waals surface area contributed by atoms with Crippen molar-refractivity contribution < 1.29 is 19.0 Å². The maximum atomic E-state index is 12.9. The molecule has 0 unspecified atom stereocenters. The highest BCUT2D eigenvalue weighted by atomic mass is 35.5. The van der Waals surface area contributed by atoms with E-state index in [9.17, 15) is 23.8 Å². The van der Waals surface area contributed by atoms with Crippen LogP contribution >= 0.6 is 23.2 Å². The van der Waals surface area contributed by atoms with Crippen LogP contribution in [-0.4, -0.2) is 39.4 Å². The van der Waals surface area contributed by atoms with Crippen molar-refractivity contribution >= 4 is 51.8 Å². The lowest BCUT2D eigenvalue weighted by Gasteiger charge is -2.23. The van der Waals surface area contributed by atoms with Crippen LogP contribution in [0.3, 0.4) is 0 Å². The van der Waals surface area contributed by atoms with Gasteiger partial charge in [0.1, 0.15) is 5.82 Å². The number of fused-ring (bicyclic) bond motifs is 3. The van der Waals surface area contributed by atoms with Gasteiger partial charge >= 0.3 is 0 Å². The number of aliphatic hydroxyl groups is 2. The smallest absolute Gasteiger partial charge is 0.295 e. The third-order valence-corrected chi connectivity index (χ3v) is 5.37. The van der Waals surface area contributed by atoms with Crippen molar-refractivity contribution in [3.63, 3.8) is 0 Å². The Morgan fingerprint density at radius 3 is 2.60 bits per heavy atom. The van der Waals surface area contributed by atoms with Gasteiger partial charge in [-0.2, -0.15) is 0 Å². The summed E-state index contributed by atoms with van der Waals surface area (Å²) in [5.41, 5.74) is 1.04. The molecule has 1 aliphatic heterocycles. The van der Waals surface area contributed by atoms with Crippen molar-refractivity contribution in [3.8, 4) is 0 Å². The molecule has 0 bridgehead atoms. The number of hydrogen-bond acceptors (Lipinski definition) is 6. The first-order valence-corrected chi connectivity index (χ1v) is 9.49. The van der Waals surface area contributed by atoms with Crippen LogP contribution in [0.4, 0.5) is 20.3 Å². The summed E-state index contributed by atoms with van der Waals surface area (Å²) >= 11 is 12.4. The van der Waals surface area contributed by atoms with Crippen molar-refractivity contribution in [3.05, 3.63) is 61.5 Å². The van der Waals surface area contributed by atoms with Gasteiger partial charge in [0.05, 0.1) is 26.6 Å². The molecule has 0 saturated carbocycles. The molecule has 156 valence electrons. The highest BCUT2D eigenvalue weighted by molar-refractivity contribution is 6.39. The summed E-state index contributed by atoms with van der Waals surface area (Å²) in [5.74, 6) is -3.03. The highest BCUT2D eigenvalue weighted by Gasteiger charge is 2.38. The summed E-state index contributed by atoms with van der Waals surface area (Å²) in [6.07, 6.45) is 0.106. The molecule has 30 heavy (non-hydrogen) atoms. The maximum absolute atomic E-state index is 12.9. The zero-order valence-corrected chi connectivity index (χ0v) is 16.6. The highest BCUT2D eigenvalue weighted by Crippen LogP contribution is 2.39. The van der Waals surface area contributed by atoms with Crippen LogP contribution in [0.5, 0.6) is 0 Å². The van der Waals surface area contributed by atoms with E-state index in [-0.39, 0.29) is 21.3 Å². The van der Waals surface area contributed by atoms with Gasteiger partial charge in [-0.15, -0.1) is 0 Å².